The van der Waals surface area contributed by atoms with E-state index in [0.29, 0.717) is 40.4 Å². The molecule has 1 aliphatic rings. The number of aryl methyl sites for hydroxylation is 1. The highest BCUT2D eigenvalue weighted by atomic mass is 35.5. The van der Waals surface area contributed by atoms with Gasteiger partial charge in [-0.25, -0.2) is 4.98 Å². The lowest BCUT2D eigenvalue weighted by molar-refractivity contribution is -0.140. The summed E-state index contributed by atoms with van der Waals surface area (Å²) in [6.07, 6.45) is 6.34. The van der Waals surface area contributed by atoms with Gasteiger partial charge < -0.3 is 24.8 Å². The Hall–Kier alpha value is -4.41. The van der Waals surface area contributed by atoms with Crippen LogP contribution in [0, 0.1) is 0 Å². The van der Waals surface area contributed by atoms with Crippen molar-refractivity contribution in [3.63, 3.8) is 0 Å². The van der Waals surface area contributed by atoms with Crippen LogP contribution in [0.5, 0.6) is 5.75 Å². The molecule has 0 unspecified atom stereocenters. The number of halogens is 2. The lowest BCUT2D eigenvalue weighted by Crippen LogP contribution is -2.39. The highest BCUT2D eigenvalue weighted by Crippen LogP contribution is 2.39. The predicted molar refractivity (Wildman–Crippen MR) is 192 cm³/mol. The van der Waals surface area contributed by atoms with E-state index in [1.807, 2.05) is 47.0 Å². The number of carbonyl (C=O) groups excluding carboxylic acids is 1. The molecule has 2 atom stereocenters. The molecule has 1 amide bonds. The Bertz CT molecular complexity index is 1980. The first-order chi connectivity index (χ1) is 23.7. The number of carbonyl (C=O) groups is 2. The number of fused-ring (bicyclic) bond motifs is 1. The molecule has 0 spiro atoms. The van der Waals surface area contributed by atoms with Crippen molar-refractivity contribution in [3.05, 3.63) is 106 Å². The molecule has 6 rings (SSSR count). The van der Waals surface area contributed by atoms with Gasteiger partial charge in [-0.05, 0) is 60.6 Å². The third-order valence-electron chi connectivity index (χ3n) is 9.12. The van der Waals surface area contributed by atoms with E-state index in [2.05, 4.69) is 34.9 Å². The van der Waals surface area contributed by atoms with Crippen LogP contribution in [-0.4, -0.2) is 57.4 Å². The fourth-order valence-corrected chi connectivity index (χ4v) is 7.01. The average Bonchev–Trinajstić information content (AvgIpc) is 3.72. The number of aliphatic hydroxyl groups is 1. The minimum atomic E-state index is -1.14. The van der Waals surface area contributed by atoms with E-state index >= 15 is 0 Å². The summed E-state index contributed by atoms with van der Waals surface area (Å²) < 4.78 is 7.61. The molecule has 1 saturated heterocycles. The molecule has 0 radical (unpaired) electrons. The molecule has 9 nitrogen and oxygen atoms in total. The number of imidazole rings is 1. The number of carboxylic acids is 1. The minimum absolute atomic E-state index is 0.157. The van der Waals surface area contributed by atoms with Crippen LogP contribution in [0.3, 0.4) is 0 Å². The molecule has 1 aliphatic heterocycles. The highest BCUT2D eigenvalue weighted by Gasteiger charge is 2.21. The van der Waals surface area contributed by atoms with Crippen LogP contribution in [0.25, 0.3) is 33.3 Å². The van der Waals surface area contributed by atoms with Crippen LogP contribution in [0.15, 0.2) is 79.1 Å². The molecule has 1 aromatic heterocycles. The number of aromatic nitrogens is 2. The van der Waals surface area contributed by atoms with Gasteiger partial charge in [-0.3, -0.25) is 14.9 Å². The zero-order valence-electron chi connectivity index (χ0n) is 27.1. The van der Waals surface area contributed by atoms with Gasteiger partial charge in [0.1, 0.15) is 11.8 Å². The predicted octanol–water partition coefficient (Wildman–Crippen LogP) is 6.87. The molecular formula is C38H38Cl2N4O5. The van der Waals surface area contributed by atoms with Crippen molar-refractivity contribution >= 4 is 46.1 Å². The summed E-state index contributed by atoms with van der Waals surface area (Å²) in [4.78, 5) is 27.6. The van der Waals surface area contributed by atoms with Crippen LogP contribution in [0.4, 0.5) is 0 Å². The zero-order chi connectivity index (χ0) is 34.5. The Labute approximate surface area is 294 Å². The second kappa shape index (κ2) is 15.4. The van der Waals surface area contributed by atoms with Crippen LogP contribution in [0.2, 0.25) is 10.0 Å². The number of hydrogen-bond donors (Lipinski definition) is 4. The monoisotopic (exact) mass is 700 g/mol. The van der Waals surface area contributed by atoms with Gasteiger partial charge in [-0.1, -0.05) is 77.8 Å². The number of benzene rings is 4. The summed E-state index contributed by atoms with van der Waals surface area (Å²) in [5.74, 6) is -0.428. The van der Waals surface area contributed by atoms with Gasteiger partial charge in [0.15, 0.2) is 0 Å². The Balaban J connectivity index is 1.20. The first kappa shape index (κ1) is 34.5. The molecule has 0 bridgehead atoms. The summed E-state index contributed by atoms with van der Waals surface area (Å²) in [7, 11) is 1.54. The molecule has 4 N–H and O–H groups in total. The number of nitrogens with one attached hydrogen (secondary N) is 2. The maximum atomic E-state index is 11.5. The maximum Gasteiger partial charge on any atom is 0.323 e. The van der Waals surface area contributed by atoms with Crippen molar-refractivity contribution < 1.29 is 24.5 Å². The van der Waals surface area contributed by atoms with Crippen LogP contribution in [0.1, 0.15) is 42.4 Å². The number of aliphatic carboxylic acids is 1. The Kier molecular flexibility index (Phi) is 10.8. The van der Waals surface area contributed by atoms with Gasteiger partial charge in [0, 0.05) is 46.3 Å². The number of methoxy groups -OCH3 is 1. The molecule has 4 aromatic carbocycles. The molecular weight excluding hydrogens is 663 g/mol. The zero-order valence-corrected chi connectivity index (χ0v) is 28.6. The molecule has 254 valence electrons. The normalized spacial score (nSPS) is 15.0. The molecule has 0 aliphatic carbocycles. The molecule has 0 saturated carbocycles. The molecule has 49 heavy (non-hydrogen) atoms. The van der Waals surface area contributed by atoms with E-state index in [1.165, 1.54) is 5.56 Å². The number of nitrogens with zero attached hydrogens (tertiary/aromatic N) is 2. The number of amides is 1. The summed E-state index contributed by atoms with van der Waals surface area (Å²) in [6, 6.07) is 23.4. The summed E-state index contributed by atoms with van der Waals surface area (Å²) >= 11 is 13.8. The average molecular weight is 702 g/mol. The molecule has 1 fully saturated rings. The number of carboxylic acid groups (broad SMARTS) is 1. The van der Waals surface area contributed by atoms with Crippen molar-refractivity contribution in [2.24, 2.45) is 0 Å². The largest absolute Gasteiger partial charge is 0.496 e. The fraction of sp³-hybridized carbons (Fsp3) is 0.289. The Morgan fingerprint density at radius 2 is 1.82 bits per heavy atom. The third kappa shape index (κ3) is 7.76. The number of para-hydroxylation sites is 1. The van der Waals surface area contributed by atoms with Gasteiger partial charge in [0.05, 0.1) is 42.6 Å². The summed E-state index contributed by atoms with van der Waals surface area (Å²) in [6.45, 7) is 0.0453. The maximum absolute atomic E-state index is 11.5. The Morgan fingerprint density at radius 3 is 2.53 bits per heavy atom. The van der Waals surface area contributed by atoms with Crippen LogP contribution >= 0.6 is 23.2 Å². The SMILES string of the molecule is COc1cc(Cn2cnc3c(-c4cccc(-c5ccc(CCC[C@@H]6CCC(=O)N6)cc5)c4Cl)cccc32)c(Cl)cc1CN[C@@H](CO)C(=O)O. The first-order valence-corrected chi connectivity index (χ1v) is 17.0. The Morgan fingerprint density at radius 1 is 1.06 bits per heavy atom. The van der Waals surface area contributed by atoms with Gasteiger partial charge >= 0.3 is 5.97 Å². The van der Waals surface area contributed by atoms with Gasteiger partial charge in [-0.15, -0.1) is 0 Å². The van der Waals surface area contributed by atoms with E-state index in [9.17, 15) is 19.8 Å². The molecule has 11 heteroatoms. The topological polar surface area (TPSA) is 126 Å². The van der Waals surface area contributed by atoms with E-state index in [1.54, 1.807) is 19.5 Å². The van der Waals surface area contributed by atoms with Gasteiger partial charge in [0.2, 0.25) is 5.91 Å². The smallest absolute Gasteiger partial charge is 0.323 e. The summed E-state index contributed by atoms with van der Waals surface area (Å²) in [5, 5.41) is 25.6. The minimum Gasteiger partial charge on any atom is -0.496 e. The fourth-order valence-electron chi connectivity index (χ4n) is 6.42. The van der Waals surface area contributed by atoms with Crippen molar-refractivity contribution in [3.8, 4) is 28.0 Å². The standard InChI is InChI=1S/C38H38Cl2N4O5/c1-49-34-18-26(31(39)17-25(34)19-41-32(21-45)38(47)48)20-44-22-42-37-30(9-4-10-33(37)44)29-8-3-7-28(36(29)40)24-13-11-23(12-14-24)5-2-6-27-15-16-35(46)43-27/h3-4,7-14,17-18,22,27,32,41,45H,2,5-6,15-16,19-21H2,1H3,(H,43,46)(H,47,48)/t27-,32+/m1/s1. The summed E-state index contributed by atoms with van der Waals surface area (Å²) in [5.41, 5.74) is 8.24. The van der Waals surface area contributed by atoms with E-state index in [4.69, 9.17) is 32.9 Å². The second-order valence-corrected chi connectivity index (χ2v) is 13.1. The van der Waals surface area contributed by atoms with Crippen molar-refractivity contribution in [2.75, 3.05) is 13.7 Å². The number of rotatable bonds is 14. The van der Waals surface area contributed by atoms with E-state index in [0.717, 1.165) is 64.5 Å². The number of hydrogen-bond acceptors (Lipinski definition) is 6. The first-order valence-electron chi connectivity index (χ1n) is 16.3. The lowest BCUT2D eigenvalue weighted by atomic mass is 9.96. The van der Waals surface area contributed by atoms with E-state index in [-0.39, 0.29) is 12.5 Å². The van der Waals surface area contributed by atoms with Crippen molar-refractivity contribution in [1.82, 2.24) is 20.2 Å². The van der Waals surface area contributed by atoms with Crippen LogP contribution in [-0.2, 0) is 29.1 Å². The molecule has 2 heterocycles. The van der Waals surface area contributed by atoms with Crippen molar-refractivity contribution in [2.45, 2.75) is 57.3 Å². The molecule has 5 aromatic rings. The van der Waals surface area contributed by atoms with Crippen LogP contribution < -0.4 is 15.4 Å². The lowest BCUT2D eigenvalue weighted by Gasteiger charge is -2.16. The van der Waals surface area contributed by atoms with Crippen molar-refractivity contribution in [1.29, 1.82) is 0 Å². The van der Waals surface area contributed by atoms with Gasteiger partial charge in [-0.2, -0.15) is 0 Å². The van der Waals surface area contributed by atoms with E-state index < -0.39 is 18.6 Å². The third-order valence-corrected chi connectivity index (χ3v) is 9.88. The van der Waals surface area contributed by atoms with Gasteiger partial charge in [0.25, 0.3) is 0 Å². The second-order valence-electron chi connectivity index (χ2n) is 12.3. The number of ether oxygens (including phenoxy) is 1. The highest BCUT2D eigenvalue weighted by molar-refractivity contribution is 6.36. The quantitative estimate of drug-likeness (QED) is 0.0996. The number of aliphatic hydroxyl groups excluding tert-OH is 1.